The molecule has 1 atom stereocenters. The van der Waals surface area contributed by atoms with Gasteiger partial charge in [-0.15, -0.1) is 0 Å². The van der Waals surface area contributed by atoms with Crippen molar-refractivity contribution in [2.24, 2.45) is 0 Å². The van der Waals surface area contributed by atoms with Crippen LogP contribution in [0.5, 0.6) is 11.5 Å². The van der Waals surface area contributed by atoms with E-state index in [2.05, 4.69) is 4.52 Å². The van der Waals surface area contributed by atoms with E-state index in [1.54, 1.807) is 6.92 Å². The normalized spacial score (nSPS) is 12.1. The molecule has 23 heavy (non-hydrogen) atoms. The second kappa shape index (κ2) is 8.93. The summed E-state index contributed by atoms with van der Waals surface area (Å²) in [4.78, 5) is 0.196. The first-order valence-corrected chi connectivity index (χ1v) is 10.2. The van der Waals surface area contributed by atoms with Crippen LogP contribution in [0.4, 0.5) is 0 Å². The Morgan fingerprint density at radius 2 is 1.30 bits per heavy atom. The maximum atomic E-state index is 12.1. The van der Waals surface area contributed by atoms with Gasteiger partial charge in [-0.2, -0.15) is 0 Å². The number of sulfone groups is 1. The fraction of sp³-hybridized carbons (Fsp3) is 0.143. The number of aromatic hydroxyl groups is 2. The molecule has 0 spiro atoms. The Balaban J connectivity index is 0.000000379. The zero-order valence-corrected chi connectivity index (χ0v) is 14.7. The van der Waals surface area contributed by atoms with Crippen LogP contribution >= 0.6 is 18.6 Å². The molecule has 0 amide bonds. The maximum absolute atomic E-state index is 12.1. The lowest BCUT2D eigenvalue weighted by Gasteiger charge is -2.04. The monoisotopic (exact) mass is 378 g/mol. The van der Waals surface area contributed by atoms with Crippen molar-refractivity contribution in [3.8, 4) is 11.5 Å². The lowest BCUT2D eigenvalue weighted by atomic mass is 10.3. The largest absolute Gasteiger partial charge is 0.508 e. The van der Waals surface area contributed by atoms with Gasteiger partial charge in [0.2, 0.25) is 9.84 Å². The Morgan fingerprint density at radius 1 is 0.957 bits per heavy atom. The van der Waals surface area contributed by atoms with Crippen molar-refractivity contribution < 1.29 is 27.7 Å². The molecule has 2 N–H and O–H groups in total. The van der Waals surface area contributed by atoms with E-state index >= 15 is 0 Å². The molecule has 0 bridgehead atoms. The van der Waals surface area contributed by atoms with Gasteiger partial charge in [0.1, 0.15) is 11.5 Å². The van der Waals surface area contributed by atoms with Gasteiger partial charge in [-0.3, -0.25) is 4.57 Å². The van der Waals surface area contributed by atoms with Crippen molar-refractivity contribution in [1.82, 2.24) is 0 Å². The lowest BCUT2D eigenvalue weighted by Crippen LogP contribution is -2.01. The van der Waals surface area contributed by atoms with Crippen molar-refractivity contribution >= 4 is 28.5 Å². The fourth-order valence-electron chi connectivity index (χ4n) is 1.50. The van der Waals surface area contributed by atoms with Gasteiger partial charge >= 0.3 is 0 Å². The summed E-state index contributed by atoms with van der Waals surface area (Å²) in [5.74, 6) is 0.0179. The summed E-state index contributed by atoms with van der Waals surface area (Å²) in [6.45, 7) is 2.17. The van der Waals surface area contributed by atoms with Crippen LogP contribution in [0.25, 0.3) is 0 Å². The minimum atomic E-state index is -3.59. The second-order valence-electron chi connectivity index (χ2n) is 4.16. The Hall–Kier alpha value is -1.53. The number of phenols is 2. The van der Waals surface area contributed by atoms with Gasteiger partial charge in [-0.25, -0.2) is 8.42 Å². The predicted octanol–water partition coefficient (Wildman–Crippen LogP) is 3.58. The van der Waals surface area contributed by atoms with Crippen molar-refractivity contribution in [2.75, 3.05) is 6.61 Å². The SMILES string of the molecule is CCO[PH](=O)Cl.O=S(=O)(c1ccc(O)cc1)c1ccc(O)cc1. The van der Waals surface area contributed by atoms with Crippen LogP contribution in [0.1, 0.15) is 6.92 Å². The summed E-state index contributed by atoms with van der Waals surface area (Å²) < 4.78 is 38.3. The third-order valence-electron chi connectivity index (χ3n) is 2.55. The van der Waals surface area contributed by atoms with E-state index in [4.69, 9.17) is 21.5 Å². The first-order chi connectivity index (χ1) is 10.8. The molecule has 126 valence electrons. The van der Waals surface area contributed by atoms with Crippen molar-refractivity contribution in [1.29, 1.82) is 0 Å². The van der Waals surface area contributed by atoms with Gasteiger partial charge in [0, 0.05) is 0 Å². The van der Waals surface area contributed by atoms with Crippen LogP contribution in [-0.2, 0) is 18.9 Å². The van der Waals surface area contributed by atoms with E-state index in [-0.39, 0.29) is 21.3 Å². The molecule has 0 heterocycles. The topological polar surface area (TPSA) is 101 Å². The van der Waals surface area contributed by atoms with Crippen LogP contribution < -0.4 is 0 Å². The number of rotatable bonds is 4. The summed E-state index contributed by atoms with van der Waals surface area (Å²) in [5, 5.41) is 18.2. The first kappa shape index (κ1) is 19.5. The summed E-state index contributed by atoms with van der Waals surface area (Å²) >= 11 is 4.90. The summed E-state index contributed by atoms with van der Waals surface area (Å²) in [7, 11) is -5.76. The molecule has 2 aromatic rings. The third-order valence-corrected chi connectivity index (χ3v) is 5.18. The van der Waals surface area contributed by atoms with Gasteiger partial charge < -0.3 is 14.7 Å². The Labute approximate surface area is 139 Å². The molecule has 6 nitrogen and oxygen atoms in total. The van der Waals surface area contributed by atoms with E-state index in [1.807, 2.05) is 0 Å². The smallest absolute Gasteiger partial charge is 0.278 e. The number of halogens is 1. The number of hydrogen-bond acceptors (Lipinski definition) is 6. The minimum absolute atomic E-state index is 0.00894. The molecule has 0 aromatic heterocycles. The van der Waals surface area contributed by atoms with Crippen molar-refractivity contribution in [3.05, 3.63) is 48.5 Å². The van der Waals surface area contributed by atoms with E-state index in [0.29, 0.717) is 6.61 Å². The highest BCUT2D eigenvalue weighted by molar-refractivity contribution is 7.91. The lowest BCUT2D eigenvalue weighted by molar-refractivity contribution is 0.361. The highest BCUT2D eigenvalue weighted by Crippen LogP contribution is 2.26. The number of hydrogen-bond donors (Lipinski definition) is 2. The Kier molecular flexibility index (Phi) is 7.58. The molecule has 0 fully saturated rings. The third kappa shape index (κ3) is 6.23. The quantitative estimate of drug-likeness (QED) is 0.788. The molecular formula is C14H16ClO6PS. The first-order valence-electron chi connectivity index (χ1n) is 6.42. The van der Waals surface area contributed by atoms with Gasteiger partial charge in [0.15, 0.2) is 0 Å². The van der Waals surface area contributed by atoms with Gasteiger partial charge in [-0.1, -0.05) is 0 Å². The molecule has 0 saturated heterocycles. The van der Waals surface area contributed by atoms with E-state index < -0.39 is 17.2 Å². The van der Waals surface area contributed by atoms with Crippen LogP contribution in [0.2, 0.25) is 0 Å². The number of benzene rings is 2. The standard InChI is InChI=1S/C12H10O4S.C2H6ClO2P/c13-9-1-5-11(6-2-9)17(15,16)12-7-3-10(14)4-8-12;1-2-5-6(3)4/h1-8,13-14H;6H,2H2,1H3. The molecule has 1 unspecified atom stereocenters. The van der Waals surface area contributed by atoms with Gasteiger partial charge in [0.25, 0.3) is 7.38 Å². The molecule has 0 aliphatic rings. The van der Waals surface area contributed by atoms with Crippen LogP contribution in [0.15, 0.2) is 58.3 Å². The molecular weight excluding hydrogens is 363 g/mol. The highest BCUT2D eigenvalue weighted by atomic mass is 35.7. The Bertz CT molecular complexity index is 692. The van der Waals surface area contributed by atoms with E-state index in [0.717, 1.165) is 0 Å². The zero-order chi connectivity index (χ0) is 17.5. The van der Waals surface area contributed by atoms with Crippen LogP contribution in [-0.4, -0.2) is 25.2 Å². The fourth-order valence-corrected chi connectivity index (χ4v) is 3.32. The predicted molar refractivity (Wildman–Crippen MR) is 88.1 cm³/mol. The molecule has 2 aromatic carbocycles. The molecule has 9 heteroatoms. The zero-order valence-electron chi connectivity index (χ0n) is 12.1. The molecule has 0 radical (unpaired) electrons. The van der Waals surface area contributed by atoms with Gasteiger partial charge in [0.05, 0.1) is 16.4 Å². The second-order valence-corrected chi connectivity index (χ2v) is 7.80. The average molecular weight is 379 g/mol. The van der Waals surface area contributed by atoms with Crippen molar-refractivity contribution in [2.45, 2.75) is 16.7 Å². The Morgan fingerprint density at radius 3 is 1.52 bits per heavy atom. The van der Waals surface area contributed by atoms with Crippen LogP contribution in [0.3, 0.4) is 0 Å². The average Bonchev–Trinajstić information content (AvgIpc) is 2.48. The molecule has 2 rings (SSSR count). The molecule has 0 saturated carbocycles. The minimum Gasteiger partial charge on any atom is -0.508 e. The molecule has 0 aliphatic carbocycles. The summed E-state index contributed by atoms with van der Waals surface area (Å²) in [6, 6.07) is 10.6. The summed E-state index contributed by atoms with van der Waals surface area (Å²) in [5.41, 5.74) is 0. The number of phenolic OH excluding ortho intramolecular Hbond substituents is 2. The maximum Gasteiger partial charge on any atom is 0.278 e. The van der Waals surface area contributed by atoms with E-state index in [1.165, 1.54) is 48.5 Å². The van der Waals surface area contributed by atoms with E-state index in [9.17, 15) is 13.0 Å². The van der Waals surface area contributed by atoms with Gasteiger partial charge in [-0.05, 0) is 66.7 Å². The molecule has 0 aliphatic heterocycles. The van der Waals surface area contributed by atoms with Crippen LogP contribution in [0, 0.1) is 0 Å². The summed E-state index contributed by atoms with van der Waals surface area (Å²) in [6.07, 6.45) is 0. The van der Waals surface area contributed by atoms with Crippen molar-refractivity contribution in [3.63, 3.8) is 0 Å². The highest BCUT2D eigenvalue weighted by Gasteiger charge is 2.17.